The summed E-state index contributed by atoms with van der Waals surface area (Å²) in [6, 6.07) is 17.6. The zero-order valence-corrected chi connectivity index (χ0v) is 18.8. The highest BCUT2D eigenvalue weighted by atomic mass is 32.2. The number of amides is 1. The molecule has 166 valence electrons. The van der Waals surface area contributed by atoms with Crippen LogP contribution in [0.2, 0.25) is 0 Å². The lowest BCUT2D eigenvalue weighted by Crippen LogP contribution is -2.28. The van der Waals surface area contributed by atoms with Crippen LogP contribution in [0, 0.1) is 17.0 Å². The fraction of sp³-hybridized carbons (Fsp3) is 0.130. The summed E-state index contributed by atoms with van der Waals surface area (Å²) in [6.45, 7) is 2.02. The standard InChI is InChI=1S/C23H20N6O3S/c1-16-3-5-19(6-4-16)28-22(17-11-13-24-14-12-17)25-26-23(28)33-15-21(30)27(2)18-7-9-20(10-8-18)29(31)32/h3-14H,15H2,1-2H3. The average molecular weight is 461 g/mol. The zero-order valence-electron chi connectivity index (χ0n) is 18.0. The van der Waals surface area contributed by atoms with Gasteiger partial charge in [-0.3, -0.25) is 24.5 Å². The summed E-state index contributed by atoms with van der Waals surface area (Å²) < 4.78 is 1.92. The molecular formula is C23H20N6O3S. The number of benzene rings is 2. The predicted molar refractivity (Wildman–Crippen MR) is 127 cm³/mol. The van der Waals surface area contributed by atoms with E-state index >= 15 is 0 Å². The molecule has 0 unspecified atom stereocenters. The SMILES string of the molecule is Cc1ccc(-n2c(SCC(=O)N(C)c3ccc([N+](=O)[O-])cc3)nnc2-c2ccncc2)cc1. The van der Waals surface area contributed by atoms with Gasteiger partial charge in [-0.1, -0.05) is 29.5 Å². The van der Waals surface area contributed by atoms with Crippen molar-refractivity contribution in [2.75, 3.05) is 17.7 Å². The van der Waals surface area contributed by atoms with E-state index in [1.165, 1.54) is 28.8 Å². The van der Waals surface area contributed by atoms with Crippen LogP contribution >= 0.6 is 11.8 Å². The first-order valence-corrected chi connectivity index (χ1v) is 11.0. The second-order valence-electron chi connectivity index (χ2n) is 7.23. The molecule has 0 aliphatic heterocycles. The minimum Gasteiger partial charge on any atom is -0.315 e. The largest absolute Gasteiger partial charge is 0.315 e. The average Bonchev–Trinajstić information content (AvgIpc) is 3.27. The van der Waals surface area contributed by atoms with E-state index < -0.39 is 4.92 Å². The highest BCUT2D eigenvalue weighted by molar-refractivity contribution is 7.99. The van der Waals surface area contributed by atoms with E-state index in [2.05, 4.69) is 15.2 Å². The van der Waals surface area contributed by atoms with Crippen LogP contribution in [0.5, 0.6) is 0 Å². The first kappa shape index (κ1) is 22.2. The number of thioether (sulfide) groups is 1. The molecule has 0 spiro atoms. The van der Waals surface area contributed by atoms with Crippen molar-refractivity contribution in [2.24, 2.45) is 0 Å². The lowest BCUT2D eigenvalue weighted by Gasteiger charge is -2.17. The Kier molecular flexibility index (Phi) is 6.45. The number of hydrogen-bond donors (Lipinski definition) is 0. The molecule has 0 N–H and O–H groups in total. The van der Waals surface area contributed by atoms with Crippen molar-refractivity contribution < 1.29 is 9.72 Å². The Morgan fingerprint density at radius 1 is 1.03 bits per heavy atom. The molecule has 0 saturated heterocycles. The number of rotatable bonds is 7. The van der Waals surface area contributed by atoms with E-state index in [1.807, 2.05) is 47.9 Å². The van der Waals surface area contributed by atoms with Crippen molar-refractivity contribution in [1.29, 1.82) is 0 Å². The number of nitrogens with zero attached hydrogens (tertiary/aromatic N) is 6. The number of anilines is 1. The quantitative estimate of drug-likeness (QED) is 0.230. The van der Waals surface area contributed by atoms with Gasteiger partial charge in [-0.25, -0.2) is 0 Å². The fourth-order valence-corrected chi connectivity index (χ4v) is 4.01. The normalized spacial score (nSPS) is 10.7. The van der Waals surface area contributed by atoms with Crippen LogP contribution in [0.15, 0.2) is 78.2 Å². The summed E-state index contributed by atoms with van der Waals surface area (Å²) in [5, 5.41) is 20.1. The molecule has 0 aliphatic carbocycles. The van der Waals surface area contributed by atoms with Gasteiger partial charge in [0.2, 0.25) is 5.91 Å². The molecule has 0 bridgehead atoms. The van der Waals surface area contributed by atoms with Crippen molar-refractivity contribution in [3.8, 4) is 17.1 Å². The number of non-ortho nitro benzene ring substituents is 1. The summed E-state index contributed by atoms with van der Waals surface area (Å²) >= 11 is 1.28. The van der Waals surface area contributed by atoms with Gasteiger partial charge in [0.05, 0.1) is 10.7 Å². The Hall–Kier alpha value is -4.05. The van der Waals surface area contributed by atoms with Crippen molar-refractivity contribution in [1.82, 2.24) is 19.7 Å². The first-order chi connectivity index (χ1) is 15.9. The molecule has 4 aromatic rings. The van der Waals surface area contributed by atoms with Crippen LogP contribution in [-0.2, 0) is 4.79 Å². The number of nitro groups is 1. The Morgan fingerprint density at radius 2 is 1.70 bits per heavy atom. The Labute approximate surface area is 194 Å². The zero-order chi connectivity index (χ0) is 23.4. The van der Waals surface area contributed by atoms with Crippen LogP contribution in [0.1, 0.15) is 5.56 Å². The maximum atomic E-state index is 12.8. The number of pyridine rings is 1. The van der Waals surface area contributed by atoms with E-state index in [0.29, 0.717) is 16.7 Å². The molecular weight excluding hydrogens is 440 g/mol. The van der Waals surface area contributed by atoms with Gasteiger partial charge in [-0.05, 0) is 43.3 Å². The number of hydrogen-bond acceptors (Lipinski definition) is 7. The maximum Gasteiger partial charge on any atom is 0.269 e. The molecule has 0 saturated carbocycles. The number of carbonyl (C=O) groups is 1. The highest BCUT2D eigenvalue weighted by Gasteiger charge is 2.19. The molecule has 0 fully saturated rings. The summed E-state index contributed by atoms with van der Waals surface area (Å²) in [6.07, 6.45) is 3.39. The summed E-state index contributed by atoms with van der Waals surface area (Å²) in [5.74, 6) is 0.603. The number of aryl methyl sites for hydroxylation is 1. The van der Waals surface area contributed by atoms with Gasteiger partial charge in [-0.15, -0.1) is 10.2 Å². The third-order valence-electron chi connectivity index (χ3n) is 5.01. The Morgan fingerprint density at radius 3 is 2.33 bits per heavy atom. The molecule has 4 rings (SSSR count). The summed E-state index contributed by atoms with van der Waals surface area (Å²) in [7, 11) is 1.64. The summed E-state index contributed by atoms with van der Waals surface area (Å²) in [4.78, 5) is 28.7. The topological polar surface area (TPSA) is 107 Å². The molecule has 9 nitrogen and oxygen atoms in total. The minimum atomic E-state index is -0.472. The predicted octanol–water partition coefficient (Wildman–Crippen LogP) is 4.30. The van der Waals surface area contributed by atoms with Crippen LogP contribution < -0.4 is 4.90 Å². The lowest BCUT2D eigenvalue weighted by atomic mass is 10.2. The number of aromatic nitrogens is 4. The van der Waals surface area contributed by atoms with Crippen molar-refractivity contribution in [3.05, 3.63) is 88.7 Å². The van der Waals surface area contributed by atoms with Crippen molar-refractivity contribution in [2.45, 2.75) is 12.1 Å². The third-order valence-corrected chi connectivity index (χ3v) is 5.92. The fourth-order valence-electron chi connectivity index (χ4n) is 3.14. The minimum absolute atomic E-state index is 0.0242. The van der Waals surface area contributed by atoms with Crippen LogP contribution in [-0.4, -0.2) is 43.4 Å². The van der Waals surface area contributed by atoms with Crippen molar-refractivity contribution in [3.63, 3.8) is 0 Å². The van der Waals surface area contributed by atoms with Crippen molar-refractivity contribution >= 4 is 29.0 Å². The molecule has 33 heavy (non-hydrogen) atoms. The van der Waals surface area contributed by atoms with Gasteiger partial charge in [0, 0.05) is 48.5 Å². The van der Waals surface area contributed by atoms with E-state index in [9.17, 15) is 14.9 Å². The van der Waals surface area contributed by atoms with Gasteiger partial charge >= 0.3 is 0 Å². The van der Waals surface area contributed by atoms with Gasteiger partial charge in [0.25, 0.3) is 5.69 Å². The molecule has 2 heterocycles. The molecule has 1 amide bonds. The Bertz CT molecular complexity index is 1270. The molecule has 0 radical (unpaired) electrons. The Balaban J connectivity index is 1.57. The van der Waals surface area contributed by atoms with E-state index in [4.69, 9.17) is 0 Å². The van der Waals surface area contributed by atoms with E-state index in [1.54, 1.807) is 31.6 Å². The van der Waals surface area contributed by atoms with Gasteiger partial charge in [-0.2, -0.15) is 0 Å². The smallest absolute Gasteiger partial charge is 0.269 e. The highest BCUT2D eigenvalue weighted by Crippen LogP contribution is 2.28. The van der Waals surface area contributed by atoms with Gasteiger partial charge in [0.1, 0.15) is 0 Å². The second-order valence-corrected chi connectivity index (χ2v) is 8.17. The molecule has 0 aliphatic rings. The lowest BCUT2D eigenvalue weighted by molar-refractivity contribution is -0.384. The number of carbonyl (C=O) groups excluding carboxylic acids is 1. The maximum absolute atomic E-state index is 12.8. The summed E-state index contributed by atoms with van der Waals surface area (Å²) in [5.41, 5.74) is 3.43. The van der Waals surface area contributed by atoms with E-state index in [0.717, 1.165) is 16.8 Å². The second kappa shape index (κ2) is 9.61. The van der Waals surface area contributed by atoms with Crippen LogP contribution in [0.3, 0.4) is 0 Å². The molecule has 10 heteroatoms. The van der Waals surface area contributed by atoms with Gasteiger partial charge < -0.3 is 4.90 Å². The van der Waals surface area contributed by atoms with E-state index in [-0.39, 0.29) is 17.3 Å². The monoisotopic (exact) mass is 460 g/mol. The van der Waals surface area contributed by atoms with Crippen LogP contribution in [0.4, 0.5) is 11.4 Å². The molecule has 2 aromatic heterocycles. The van der Waals surface area contributed by atoms with Gasteiger partial charge in [0.15, 0.2) is 11.0 Å². The van der Waals surface area contributed by atoms with Crippen LogP contribution in [0.25, 0.3) is 17.1 Å². The first-order valence-electron chi connectivity index (χ1n) is 10.0. The third kappa shape index (κ3) is 4.90. The molecule has 0 atom stereocenters. The molecule has 2 aromatic carbocycles. The number of nitro benzene ring substituents is 1.